The summed E-state index contributed by atoms with van der Waals surface area (Å²) in [6, 6.07) is 9.77. The van der Waals surface area contributed by atoms with Crippen molar-refractivity contribution >= 4 is 45.3 Å². The van der Waals surface area contributed by atoms with Gasteiger partial charge in [-0.2, -0.15) is 9.97 Å². The second-order valence-corrected chi connectivity index (χ2v) is 6.56. The van der Waals surface area contributed by atoms with Gasteiger partial charge in [0.2, 0.25) is 11.8 Å². The van der Waals surface area contributed by atoms with Gasteiger partial charge in [0.25, 0.3) is 0 Å². The van der Waals surface area contributed by atoms with Crippen molar-refractivity contribution in [2.45, 2.75) is 10.1 Å². The minimum atomic E-state index is 0.474. The van der Waals surface area contributed by atoms with Gasteiger partial charge in [0.1, 0.15) is 0 Å². The minimum Gasteiger partial charge on any atom is -0.481 e. The van der Waals surface area contributed by atoms with E-state index in [-0.39, 0.29) is 0 Å². The highest BCUT2D eigenvalue weighted by atomic mass is 127. The first-order chi connectivity index (χ1) is 10.7. The highest BCUT2D eigenvalue weighted by molar-refractivity contribution is 14.1. The molecule has 0 N–H and O–H groups in total. The number of ether oxygens (including phenoxy) is 2. The smallest absolute Gasteiger partial charge is 0.220 e. The van der Waals surface area contributed by atoms with Crippen LogP contribution in [0.2, 0.25) is 0 Å². The first-order valence-electron chi connectivity index (χ1n) is 6.39. The molecule has 112 valence electrons. The molecule has 0 aliphatic heterocycles. The van der Waals surface area contributed by atoms with Crippen LogP contribution in [0.15, 0.2) is 46.6 Å². The molecule has 3 rings (SSSR count). The molecule has 3 aromatic rings. The van der Waals surface area contributed by atoms with Gasteiger partial charge in [0, 0.05) is 20.0 Å². The highest BCUT2D eigenvalue weighted by Gasteiger charge is 2.10. The molecule has 7 heteroatoms. The predicted octanol–water partition coefficient (Wildman–Crippen LogP) is 3.80. The number of nitrogens with zero attached hydrogens (tertiary/aromatic N) is 3. The van der Waals surface area contributed by atoms with Crippen molar-refractivity contribution in [1.29, 1.82) is 0 Å². The molecular weight excluding hydrogens is 413 g/mol. The van der Waals surface area contributed by atoms with E-state index in [1.165, 1.54) is 11.8 Å². The second kappa shape index (κ2) is 6.66. The zero-order chi connectivity index (χ0) is 15.5. The van der Waals surface area contributed by atoms with Crippen molar-refractivity contribution in [3.8, 4) is 11.8 Å². The fraction of sp³-hybridized carbons (Fsp3) is 0.133. The molecule has 0 unspecified atom stereocenters. The van der Waals surface area contributed by atoms with Gasteiger partial charge in [-0.25, -0.2) is 0 Å². The Bertz CT molecular complexity index is 807. The fourth-order valence-electron chi connectivity index (χ4n) is 1.92. The largest absolute Gasteiger partial charge is 0.481 e. The number of hydrogen-bond donors (Lipinski definition) is 0. The molecule has 0 aliphatic carbocycles. The number of rotatable bonds is 4. The van der Waals surface area contributed by atoms with E-state index >= 15 is 0 Å². The number of halogens is 1. The van der Waals surface area contributed by atoms with Gasteiger partial charge in [-0.1, -0.05) is 6.07 Å². The summed E-state index contributed by atoms with van der Waals surface area (Å²) in [4.78, 5) is 14.1. The molecular formula is C15H12IN3O2S. The Morgan fingerprint density at radius 2 is 1.73 bits per heavy atom. The zero-order valence-electron chi connectivity index (χ0n) is 11.9. The average molecular weight is 425 g/mol. The van der Waals surface area contributed by atoms with E-state index < -0.39 is 0 Å². The average Bonchev–Trinajstić information content (AvgIpc) is 2.54. The first-order valence-corrected chi connectivity index (χ1v) is 8.28. The van der Waals surface area contributed by atoms with Gasteiger partial charge in [-0.3, -0.25) is 4.98 Å². The van der Waals surface area contributed by atoms with Gasteiger partial charge in [0.05, 0.1) is 25.8 Å². The van der Waals surface area contributed by atoms with E-state index in [0.717, 1.165) is 19.4 Å². The van der Waals surface area contributed by atoms with E-state index in [1.807, 2.05) is 12.1 Å². The molecule has 0 atom stereocenters. The number of methoxy groups -OCH3 is 2. The van der Waals surface area contributed by atoms with E-state index in [2.05, 4.69) is 49.7 Å². The van der Waals surface area contributed by atoms with Crippen molar-refractivity contribution in [3.63, 3.8) is 0 Å². The van der Waals surface area contributed by atoms with Crippen LogP contribution in [0, 0.1) is 3.57 Å². The van der Waals surface area contributed by atoms with Crippen LogP contribution in [-0.4, -0.2) is 29.2 Å². The Morgan fingerprint density at radius 1 is 1.00 bits per heavy atom. The van der Waals surface area contributed by atoms with Crippen LogP contribution in [0.3, 0.4) is 0 Å². The third-order valence-electron chi connectivity index (χ3n) is 2.94. The van der Waals surface area contributed by atoms with Gasteiger partial charge >= 0.3 is 0 Å². The van der Waals surface area contributed by atoms with E-state index in [1.54, 1.807) is 26.5 Å². The fourth-order valence-corrected chi connectivity index (χ4v) is 3.28. The van der Waals surface area contributed by atoms with Crippen molar-refractivity contribution in [3.05, 3.63) is 40.1 Å². The number of benzene rings is 1. The molecule has 0 fully saturated rings. The lowest BCUT2D eigenvalue weighted by atomic mass is 10.2. The first kappa shape index (κ1) is 15.3. The summed E-state index contributed by atoms with van der Waals surface area (Å²) in [6.07, 6.45) is 1.79. The van der Waals surface area contributed by atoms with Crippen LogP contribution in [0.25, 0.3) is 10.9 Å². The molecule has 0 radical (unpaired) electrons. The van der Waals surface area contributed by atoms with E-state index in [4.69, 9.17) is 9.47 Å². The van der Waals surface area contributed by atoms with Crippen LogP contribution < -0.4 is 9.47 Å². The van der Waals surface area contributed by atoms with Gasteiger partial charge in [0.15, 0.2) is 5.16 Å². The van der Waals surface area contributed by atoms with Crippen LogP contribution in [0.4, 0.5) is 0 Å². The lowest BCUT2D eigenvalue weighted by Crippen LogP contribution is -1.96. The highest BCUT2D eigenvalue weighted by Crippen LogP contribution is 2.33. The Labute approximate surface area is 145 Å². The van der Waals surface area contributed by atoms with Crippen molar-refractivity contribution in [1.82, 2.24) is 15.0 Å². The maximum absolute atomic E-state index is 5.18. The Hall–Kier alpha value is -1.61. The number of hydrogen-bond acceptors (Lipinski definition) is 6. The molecule has 5 nitrogen and oxygen atoms in total. The lowest BCUT2D eigenvalue weighted by molar-refractivity contribution is 0.364. The summed E-state index contributed by atoms with van der Waals surface area (Å²) < 4.78 is 11.5. The van der Waals surface area contributed by atoms with Gasteiger partial charge in [-0.15, -0.1) is 0 Å². The summed E-state index contributed by atoms with van der Waals surface area (Å²) in [7, 11) is 3.14. The molecule has 0 saturated heterocycles. The maximum Gasteiger partial charge on any atom is 0.220 e. The van der Waals surface area contributed by atoms with Crippen LogP contribution in [0.1, 0.15) is 0 Å². The Balaban J connectivity index is 2.03. The Morgan fingerprint density at radius 3 is 2.41 bits per heavy atom. The summed E-state index contributed by atoms with van der Waals surface area (Å²) in [6.45, 7) is 0. The summed E-state index contributed by atoms with van der Waals surface area (Å²) in [5.74, 6) is 0.949. The number of aromatic nitrogens is 3. The van der Waals surface area contributed by atoms with E-state index in [0.29, 0.717) is 16.9 Å². The Kier molecular flexibility index (Phi) is 4.63. The van der Waals surface area contributed by atoms with Crippen molar-refractivity contribution in [2.75, 3.05) is 14.2 Å². The van der Waals surface area contributed by atoms with E-state index in [9.17, 15) is 0 Å². The van der Waals surface area contributed by atoms with Gasteiger partial charge in [-0.05, 0) is 52.6 Å². The normalized spacial score (nSPS) is 10.7. The topological polar surface area (TPSA) is 57.1 Å². The third kappa shape index (κ3) is 3.25. The quantitative estimate of drug-likeness (QED) is 0.468. The van der Waals surface area contributed by atoms with Crippen LogP contribution >= 0.6 is 34.4 Å². The maximum atomic E-state index is 5.18. The van der Waals surface area contributed by atoms with Crippen LogP contribution in [0.5, 0.6) is 11.8 Å². The molecule has 0 saturated carbocycles. The third-order valence-corrected chi connectivity index (χ3v) is 4.55. The minimum absolute atomic E-state index is 0.474. The SMILES string of the molecule is COc1cc(OC)nc(Sc2ccnc3cc(I)ccc23)n1. The second-order valence-electron chi connectivity index (χ2n) is 4.31. The summed E-state index contributed by atoms with van der Waals surface area (Å²) in [5.41, 5.74) is 0.951. The van der Waals surface area contributed by atoms with Gasteiger partial charge < -0.3 is 9.47 Å². The summed E-state index contributed by atoms with van der Waals surface area (Å²) >= 11 is 3.73. The van der Waals surface area contributed by atoms with Crippen molar-refractivity contribution < 1.29 is 9.47 Å². The predicted molar refractivity (Wildman–Crippen MR) is 93.7 cm³/mol. The lowest BCUT2D eigenvalue weighted by Gasteiger charge is -2.08. The molecule has 1 aromatic carbocycles. The molecule has 2 aromatic heterocycles. The summed E-state index contributed by atoms with van der Waals surface area (Å²) in [5, 5.41) is 1.64. The molecule has 0 aliphatic rings. The molecule has 0 spiro atoms. The number of fused-ring (bicyclic) bond motifs is 1. The standard InChI is InChI=1S/C15H12IN3O2S/c1-20-13-8-14(21-2)19-15(18-13)22-12-5-6-17-11-7-9(16)3-4-10(11)12/h3-8H,1-2H3. The molecule has 22 heavy (non-hydrogen) atoms. The van der Waals surface area contributed by atoms with Crippen LogP contribution in [-0.2, 0) is 0 Å². The number of pyridine rings is 1. The molecule has 0 bridgehead atoms. The molecule has 0 amide bonds. The molecule has 2 heterocycles. The van der Waals surface area contributed by atoms with Crippen molar-refractivity contribution in [2.24, 2.45) is 0 Å². The zero-order valence-corrected chi connectivity index (χ0v) is 14.9. The monoisotopic (exact) mass is 425 g/mol.